The van der Waals surface area contributed by atoms with E-state index < -0.39 is 0 Å². The van der Waals surface area contributed by atoms with Crippen LogP contribution < -0.4 is 0 Å². The first-order valence-electron chi connectivity index (χ1n) is 7.06. The Hall–Kier alpha value is -1.82. The van der Waals surface area contributed by atoms with Crippen molar-refractivity contribution in [3.05, 3.63) is 40.4 Å². The topological polar surface area (TPSA) is 59.0 Å². The molecular weight excluding hydrogens is 284 g/mol. The Bertz CT molecular complexity index is 616. The van der Waals surface area contributed by atoms with Gasteiger partial charge in [0.15, 0.2) is 0 Å². The molecule has 0 spiro atoms. The Balaban J connectivity index is 1.68. The molecule has 21 heavy (non-hydrogen) atoms. The minimum absolute atomic E-state index is 0.0244. The van der Waals surface area contributed by atoms with Crippen LogP contribution in [-0.4, -0.2) is 38.8 Å². The Morgan fingerprint density at radius 3 is 2.57 bits per heavy atom. The molecule has 2 aromatic rings. The average molecular weight is 302 g/mol. The summed E-state index contributed by atoms with van der Waals surface area (Å²) in [5, 5.41) is 3.18. The summed E-state index contributed by atoms with van der Waals surface area (Å²) in [5.41, 5.74) is 1.34. The predicted octanol–water partition coefficient (Wildman–Crippen LogP) is 2.44. The van der Waals surface area contributed by atoms with Gasteiger partial charge in [-0.25, -0.2) is 9.97 Å². The predicted molar refractivity (Wildman–Crippen MR) is 81.4 cm³/mol. The number of nitrogens with zero attached hydrogens (tertiary/aromatic N) is 4. The molecule has 0 saturated carbocycles. The van der Waals surface area contributed by atoms with Gasteiger partial charge in [-0.2, -0.15) is 0 Å². The monoisotopic (exact) mass is 302 g/mol. The van der Waals surface area contributed by atoms with Crippen molar-refractivity contribution in [2.45, 2.75) is 32.1 Å². The average Bonchev–Trinajstić information content (AvgIpc) is 3.03. The highest BCUT2D eigenvalue weighted by molar-refractivity contribution is 7.09. The van der Waals surface area contributed by atoms with E-state index in [1.54, 1.807) is 23.7 Å². The van der Waals surface area contributed by atoms with Crippen LogP contribution in [0.5, 0.6) is 0 Å². The first-order chi connectivity index (χ1) is 10.1. The van der Waals surface area contributed by atoms with Gasteiger partial charge in [-0.1, -0.05) is 6.92 Å². The molecule has 1 saturated heterocycles. The van der Waals surface area contributed by atoms with Crippen molar-refractivity contribution in [3.63, 3.8) is 0 Å². The number of amides is 1. The summed E-state index contributed by atoms with van der Waals surface area (Å²) in [5.74, 6) is -0.0244. The third kappa shape index (κ3) is 2.81. The van der Waals surface area contributed by atoms with E-state index in [9.17, 15) is 4.79 Å². The number of carbonyl (C=O) groups is 1. The fourth-order valence-corrected chi connectivity index (χ4v) is 3.46. The second-order valence-corrected chi connectivity index (χ2v) is 6.63. The number of carbonyl (C=O) groups excluding carboxylic acids is 1. The number of likely N-dealkylation sites (tertiary alicyclic amines) is 1. The third-order valence-corrected chi connectivity index (χ3v) is 5.18. The summed E-state index contributed by atoms with van der Waals surface area (Å²) < 4.78 is 0. The number of aryl methyl sites for hydroxylation is 1. The highest BCUT2D eigenvalue weighted by Gasteiger charge is 2.35. The first-order valence-corrected chi connectivity index (χ1v) is 7.94. The number of hydrogen-bond acceptors (Lipinski definition) is 5. The van der Waals surface area contributed by atoms with Crippen molar-refractivity contribution in [1.29, 1.82) is 0 Å². The van der Waals surface area contributed by atoms with Gasteiger partial charge in [-0.05, 0) is 19.8 Å². The van der Waals surface area contributed by atoms with Gasteiger partial charge in [0.05, 0.1) is 16.9 Å². The van der Waals surface area contributed by atoms with Crippen molar-refractivity contribution in [2.24, 2.45) is 0 Å². The number of thiazole rings is 1. The number of aromatic nitrogens is 3. The molecule has 0 N–H and O–H groups in total. The van der Waals surface area contributed by atoms with Gasteiger partial charge in [-0.15, -0.1) is 11.3 Å². The highest BCUT2D eigenvalue weighted by atomic mass is 32.1. The number of piperidine rings is 1. The molecule has 1 aliphatic heterocycles. The SMILES string of the molecule is Cc1cnc(C(=O)N2CCC(C)(c3nccs3)CC2)cn1. The Morgan fingerprint density at radius 1 is 1.24 bits per heavy atom. The van der Waals surface area contributed by atoms with Crippen LogP contribution in [0.25, 0.3) is 0 Å². The fourth-order valence-electron chi connectivity index (χ4n) is 2.60. The van der Waals surface area contributed by atoms with Crippen LogP contribution in [-0.2, 0) is 5.41 Å². The summed E-state index contributed by atoms with van der Waals surface area (Å²) >= 11 is 1.70. The Labute approximate surface area is 128 Å². The van der Waals surface area contributed by atoms with Crippen molar-refractivity contribution in [1.82, 2.24) is 19.9 Å². The smallest absolute Gasteiger partial charge is 0.274 e. The second-order valence-electron chi connectivity index (χ2n) is 5.73. The van der Waals surface area contributed by atoms with E-state index in [1.807, 2.05) is 23.4 Å². The molecule has 1 aliphatic rings. The molecule has 1 amide bonds. The van der Waals surface area contributed by atoms with Gasteiger partial charge in [0.25, 0.3) is 5.91 Å². The highest BCUT2D eigenvalue weighted by Crippen LogP contribution is 2.36. The largest absolute Gasteiger partial charge is 0.337 e. The lowest BCUT2D eigenvalue weighted by molar-refractivity contribution is 0.0669. The van der Waals surface area contributed by atoms with Crippen LogP contribution in [0.2, 0.25) is 0 Å². The first kappa shape index (κ1) is 14.1. The van der Waals surface area contributed by atoms with Gasteiger partial charge >= 0.3 is 0 Å². The van der Waals surface area contributed by atoms with Crippen LogP contribution in [0.3, 0.4) is 0 Å². The van der Waals surface area contributed by atoms with Crippen LogP contribution in [0, 0.1) is 6.92 Å². The summed E-state index contributed by atoms with van der Waals surface area (Å²) in [7, 11) is 0. The lowest BCUT2D eigenvalue weighted by Gasteiger charge is -2.38. The van der Waals surface area contributed by atoms with Gasteiger partial charge in [0.2, 0.25) is 0 Å². The molecule has 0 bridgehead atoms. The Morgan fingerprint density at radius 2 is 2.00 bits per heavy atom. The molecule has 110 valence electrons. The molecule has 0 radical (unpaired) electrons. The van der Waals surface area contributed by atoms with Crippen LogP contribution in [0.4, 0.5) is 0 Å². The zero-order chi connectivity index (χ0) is 14.9. The molecule has 3 heterocycles. The van der Waals surface area contributed by atoms with Gasteiger partial charge in [0, 0.05) is 36.3 Å². The van der Waals surface area contributed by atoms with E-state index >= 15 is 0 Å². The summed E-state index contributed by atoms with van der Waals surface area (Å²) in [6.45, 7) is 5.58. The van der Waals surface area contributed by atoms with E-state index in [4.69, 9.17) is 0 Å². The molecule has 0 atom stereocenters. The zero-order valence-electron chi connectivity index (χ0n) is 12.2. The van der Waals surface area contributed by atoms with E-state index in [2.05, 4.69) is 21.9 Å². The summed E-state index contributed by atoms with van der Waals surface area (Å²) in [6.07, 6.45) is 6.92. The Kier molecular flexibility index (Phi) is 3.71. The van der Waals surface area contributed by atoms with Crippen LogP contribution in [0.15, 0.2) is 24.0 Å². The molecular formula is C15H18N4OS. The standard InChI is InChI=1S/C15H18N4OS/c1-11-9-18-12(10-17-11)13(20)19-6-3-15(2,4-7-19)14-16-5-8-21-14/h5,8-10H,3-4,6-7H2,1-2H3. The maximum Gasteiger partial charge on any atom is 0.274 e. The van der Waals surface area contributed by atoms with Crippen LogP contribution in [0.1, 0.15) is 41.0 Å². The lowest BCUT2D eigenvalue weighted by atomic mass is 9.81. The normalized spacial score (nSPS) is 17.7. The molecule has 1 fully saturated rings. The van der Waals surface area contributed by atoms with Crippen molar-refractivity contribution >= 4 is 17.2 Å². The molecule has 3 rings (SSSR count). The van der Waals surface area contributed by atoms with Crippen LogP contribution >= 0.6 is 11.3 Å². The number of rotatable bonds is 2. The summed E-state index contributed by atoms with van der Waals surface area (Å²) in [6, 6.07) is 0. The fraction of sp³-hybridized carbons (Fsp3) is 0.467. The van der Waals surface area contributed by atoms with Crippen molar-refractivity contribution < 1.29 is 4.79 Å². The molecule has 6 heteroatoms. The van der Waals surface area contributed by atoms with Crippen molar-refractivity contribution in [2.75, 3.05) is 13.1 Å². The van der Waals surface area contributed by atoms with Crippen molar-refractivity contribution in [3.8, 4) is 0 Å². The van der Waals surface area contributed by atoms with E-state index in [1.165, 1.54) is 5.01 Å². The molecule has 0 aromatic carbocycles. The minimum Gasteiger partial charge on any atom is -0.337 e. The third-order valence-electron chi connectivity index (χ3n) is 4.10. The molecule has 2 aromatic heterocycles. The van der Waals surface area contributed by atoms with Gasteiger partial charge in [0.1, 0.15) is 5.69 Å². The second kappa shape index (κ2) is 5.52. The van der Waals surface area contributed by atoms with E-state index in [0.717, 1.165) is 31.6 Å². The number of hydrogen-bond donors (Lipinski definition) is 0. The maximum atomic E-state index is 12.4. The zero-order valence-corrected chi connectivity index (χ0v) is 13.1. The summed E-state index contributed by atoms with van der Waals surface area (Å²) in [4.78, 5) is 27.1. The lowest BCUT2D eigenvalue weighted by Crippen LogP contribution is -2.44. The maximum absolute atomic E-state index is 12.4. The van der Waals surface area contributed by atoms with E-state index in [0.29, 0.717) is 5.69 Å². The molecule has 0 unspecified atom stereocenters. The van der Waals surface area contributed by atoms with Gasteiger partial charge < -0.3 is 4.90 Å². The minimum atomic E-state index is -0.0244. The van der Waals surface area contributed by atoms with Gasteiger partial charge in [-0.3, -0.25) is 9.78 Å². The molecule has 0 aliphatic carbocycles. The quantitative estimate of drug-likeness (QED) is 0.855. The van der Waals surface area contributed by atoms with E-state index in [-0.39, 0.29) is 11.3 Å². The molecule has 5 nitrogen and oxygen atoms in total.